The van der Waals surface area contributed by atoms with E-state index in [9.17, 15) is 4.39 Å². The lowest BCUT2D eigenvalue weighted by Crippen LogP contribution is -2.18. The molecule has 0 saturated carbocycles. The minimum Gasteiger partial charge on any atom is -0.309 e. The van der Waals surface area contributed by atoms with Crippen LogP contribution in [0.1, 0.15) is 17.2 Å². The largest absolute Gasteiger partial charge is 0.309 e. The first-order valence-corrected chi connectivity index (χ1v) is 6.89. The molecule has 1 nitrogen and oxygen atoms in total. The zero-order chi connectivity index (χ0) is 11.5. The molecular weight excluding hydrogens is 336 g/mol. The van der Waals surface area contributed by atoms with Crippen LogP contribution in [0.15, 0.2) is 35.0 Å². The van der Waals surface area contributed by atoms with Crippen molar-refractivity contribution in [1.82, 2.24) is 5.32 Å². The van der Waals surface area contributed by atoms with Gasteiger partial charge in [-0.05, 0) is 69.7 Å². The molecule has 4 heteroatoms. The number of nitrogens with one attached hydrogen (secondary N) is 1. The highest BCUT2D eigenvalue weighted by Gasteiger charge is 2.15. The van der Waals surface area contributed by atoms with Gasteiger partial charge in [-0.25, -0.2) is 4.39 Å². The Bertz CT molecular complexity index is 470. The SMILES string of the molecule is CNC(c1ccsc1)c1ccc(F)cc1I. The summed E-state index contributed by atoms with van der Waals surface area (Å²) in [5.74, 6) is -0.187. The maximum absolute atomic E-state index is 13.0. The van der Waals surface area contributed by atoms with E-state index >= 15 is 0 Å². The van der Waals surface area contributed by atoms with E-state index in [4.69, 9.17) is 0 Å². The monoisotopic (exact) mass is 347 g/mol. The molecule has 0 aliphatic rings. The summed E-state index contributed by atoms with van der Waals surface area (Å²) in [5.41, 5.74) is 2.33. The predicted molar refractivity (Wildman–Crippen MR) is 74.3 cm³/mol. The van der Waals surface area contributed by atoms with Crippen LogP contribution in [0.4, 0.5) is 4.39 Å². The highest BCUT2D eigenvalue weighted by molar-refractivity contribution is 14.1. The molecule has 16 heavy (non-hydrogen) atoms. The standard InChI is InChI=1S/C12H11FINS/c1-15-12(8-4-5-16-7-8)10-3-2-9(13)6-11(10)14/h2-7,12,15H,1H3. The summed E-state index contributed by atoms with van der Waals surface area (Å²) in [4.78, 5) is 0. The van der Waals surface area contributed by atoms with Crippen molar-refractivity contribution < 1.29 is 4.39 Å². The van der Waals surface area contributed by atoms with Crippen molar-refractivity contribution in [3.05, 3.63) is 55.5 Å². The summed E-state index contributed by atoms with van der Waals surface area (Å²) in [6.45, 7) is 0. The Morgan fingerprint density at radius 1 is 1.38 bits per heavy atom. The molecular formula is C12H11FINS. The van der Waals surface area contributed by atoms with E-state index < -0.39 is 0 Å². The van der Waals surface area contributed by atoms with E-state index in [1.54, 1.807) is 17.4 Å². The van der Waals surface area contributed by atoms with Crippen molar-refractivity contribution in [1.29, 1.82) is 0 Å². The van der Waals surface area contributed by atoms with Crippen LogP contribution < -0.4 is 5.32 Å². The van der Waals surface area contributed by atoms with Gasteiger partial charge in [-0.3, -0.25) is 0 Å². The van der Waals surface area contributed by atoms with E-state index in [1.165, 1.54) is 11.6 Å². The average molecular weight is 347 g/mol. The van der Waals surface area contributed by atoms with Crippen LogP contribution in [0, 0.1) is 9.39 Å². The molecule has 1 aromatic heterocycles. The molecule has 0 saturated heterocycles. The molecule has 84 valence electrons. The Kier molecular flexibility index (Phi) is 3.94. The number of hydrogen-bond donors (Lipinski definition) is 1. The predicted octanol–water partition coefficient (Wildman–Crippen LogP) is 3.80. The third-order valence-electron chi connectivity index (χ3n) is 2.44. The van der Waals surface area contributed by atoms with Crippen molar-refractivity contribution in [2.75, 3.05) is 7.05 Å². The zero-order valence-corrected chi connectivity index (χ0v) is 11.7. The van der Waals surface area contributed by atoms with Gasteiger partial charge in [0.15, 0.2) is 0 Å². The van der Waals surface area contributed by atoms with Crippen molar-refractivity contribution in [2.45, 2.75) is 6.04 Å². The van der Waals surface area contributed by atoms with Crippen LogP contribution in [0.2, 0.25) is 0 Å². The second kappa shape index (κ2) is 5.25. The van der Waals surface area contributed by atoms with Crippen molar-refractivity contribution >= 4 is 33.9 Å². The van der Waals surface area contributed by atoms with Crippen molar-refractivity contribution in [3.8, 4) is 0 Å². The topological polar surface area (TPSA) is 12.0 Å². The molecule has 1 unspecified atom stereocenters. The van der Waals surface area contributed by atoms with E-state index in [2.05, 4.69) is 44.7 Å². The highest BCUT2D eigenvalue weighted by Crippen LogP contribution is 2.27. The summed E-state index contributed by atoms with van der Waals surface area (Å²) in [7, 11) is 1.92. The summed E-state index contributed by atoms with van der Waals surface area (Å²) >= 11 is 3.84. The Labute approximate surface area is 112 Å². The fraction of sp³-hybridized carbons (Fsp3) is 0.167. The molecule has 1 N–H and O–H groups in total. The number of hydrogen-bond acceptors (Lipinski definition) is 2. The molecule has 0 amide bonds. The first kappa shape index (κ1) is 12.0. The molecule has 0 aliphatic heterocycles. The molecule has 1 atom stereocenters. The van der Waals surface area contributed by atoms with E-state index in [0.717, 1.165) is 9.13 Å². The quantitative estimate of drug-likeness (QED) is 0.833. The number of thiophene rings is 1. The molecule has 2 aromatic rings. The number of benzene rings is 1. The van der Waals surface area contributed by atoms with Gasteiger partial charge in [0.25, 0.3) is 0 Å². The van der Waals surface area contributed by atoms with Crippen LogP contribution in [0.3, 0.4) is 0 Å². The minimum absolute atomic E-state index is 0.138. The van der Waals surface area contributed by atoms with E-state index in [0.29, 0.717) is 0 Å². The van der Waals surface area contributed by atoms with Gasteiger partial charge in [0, 0.05) is 3.57 Å². The summed E-state index contributed by atoms with van der Waals surface area (Å²) in [5, 5.41) is 7.42. The smallest absolute Gasteiger partial charge is 0.124 e. The lowest BCUT2D eigenvalue weighted by molar-refractivity contribution is 0.621. The van der Waals surface area contributed by atoms with Gasteiger partial charge < -0.3 is 5.32 Å². The van der Waals surface area contributed by atoms with E-state index in [-0.39, 0.29) is 11.9 Å². The molecule has 0 radical (unpaired) electrons. The van der Waals surface area contributed by atoms with Gasteiger partial charge in [0.1, 0.15) is 5.82 Å². The molecule has 1 heterocycles. The molecule has 0 aliphatic carbocycles. The van der Waals surface area contributed by atoms with Crippen LogP contribution in [0.5, 0.6) is 0 Å². The summed E-state index contributed by atoms with van der Waals surface area (Å²) in [6, 6.07) is 7.14. The molecule has 0 fully saturated rings. The highest BCUT2D eigenvalue weighted by atomic mass is 127. The maximum atomic E-state index is 13.0. The Morgan fingerprint density at radius 2 is 2.19 bits per heavy atom. The molecule has 1 aromatic carbocycles. The number of halogens is 2. The van der Waals surface area contributed by atoms with E-state index in [1.807, 2.05) is 13.1 Å². The Morgan fingerprint density at radius 3 is 2.75 bits per heavy atom. The van der Waals surface area contributed by atoms with Crippen molar-refractivity contribution in [3.63, 3.8) is 0 Å². The van der Waals surface area contributed by atoms with Gasteiger partial charge >= 0.3 is 0 Å². The normalized spacial score (nSPS) is 12.7. The van der Waals surface area contributed by atoms with Crippen LogP contribution in [0.25, 0.3) is 0 Å². The lowest BCUT2D eigenvalue weighted by Gasteiger charge is -2.17. The first-order valence-electron chi connectivity index (χ1n) is 4.86. The second-order valence-electron chi connectivity index (χ2n) is 3.44. The maximum Gasteiger partial charge on any atom is 0.124 e. The third-order valence-corrected chi connectivity index (χ3v) is 4.07. The van der Waals surface area contributed by atoms with Gasteiger partial charge in [-0.1, -0.05) is 6.07 Å². The van der Waals surface area contributed by atoms with Crippen LogP contribution in [-0.4, -0.2) is 7.05 Å². The van der Waals surface area contributed by atoms with Gasteiger partial charge in [-0.2, -0.15) is 11.3 Å². The van der Waals surface area contributed by atoms with Crippen LogP contribution >= 0.6 is 33.9 Å². The van der Waals surface area contributed by atoms with Gasteiger partial charge in [0.2, 0.25) is 0 Å². The molecule has 2 rings (SSSR count). The van der Waals surface area contributed by atoms with Gasteiger partial charge in [0.05, 0.1) is 6.04 Å². The lowest BCUT2D eigenvalue weighted by atomic mass is 10.0. The van der Waals surface area contributed by atoms with Crippen molar-refractivity contribution in [2.24, 2.45) is 0 Å². The van der Waals surface area contributed by atoms with Crippen LogP contribution in [-0.2, 0) is 0 Å². The minimum atomic E-state index is -0.187. The second-order valence-corrected chi connectivity index (χ2v) is 5.39. The third kappa shape index (κ3) is 2.44. The first-order chi connectivity index (χ1) is 7.72. The average Bonchev–Trinajstić information content (AvgIpc) is 2.75. The summed E-state index contributed by atoms with van der Waals surface area (Å²) in [6.07, 6.45) is 0. The zero-order valence-electron chi connectivity index (χ0n) is 8.71. The molecule has 0 spiro atoms. The Balaban J connectivity index is 2.41. The van der Waals surface area contributed by atoms with Gasteiger partial charge in [-0.15, -0.1) is 0 Å². The number of rotatable bonds is 3. The fourth-order valence-corrected chi connectivity index (χ4v) is 3.15. The fourth-order valence-electron chi connectivity index (χ4n) is 1.68. The Hall–Kier alpha value is -0.460. The summed E-state index contributed by atoms with van der Waals surface area (Å²) < 4.78 is 14.0. The molecule has 0 bridgehead atoms.